The number of methoxy groups -OCH3 is 1. The van der Waals surface area contributed by atoms with Gasteiger partial charge in [-0.25, -0.2) is 4.79 Å². The van der Waals surface area contributed by atoms with E-state index in [4.69, 9.17) is 4.74 Å². The zero-order valence-corrected chi connectivity index (χ0v) is 14.8. The number of urea groups is 1. The van der Waals surface area contributed by atoms with Gasteiger partial charge in [-0.15, -0.1) is 0 Å². The van der Waals surface area contributed by atoms with Crippen LogP contribution in [0.15, 0.2) is 24.3 Å². The standard InChI is InChI=1S/C18H29N3O2/c1-17(2)10-14(11-18(3,4)21-17)20-16(22)19-12-13-7-6-8-15(9-13)23-5/h6-9,14,21H,10-12H2,1-5H3,(H2,19,20,22). The highest BCUT2D eigenvalue weighted by molar-refractivity contribution is 5.74. The zero-order valence-electron chi connectivity index (χ0n) is 14.8. The van der Waals surface area contributed by atoms with Crippen molar-refractivity contribution in [2.24, 2.45) is 0 Å². The molecule has 0 radical (unpaired) electrons. The number of amides is 2. The van der Waals surface area contributed by atoms with E-state index in [0.29, 0.717) is 6.54 Å². The number of carbonyl (C=O) groups is 1. The molecule has 0 spiro atoms. The molecule has 0 atom stereocenters. The molecule has 0 unspecified atom stereocenters. The Kier molecular flexibility index (Phi) is 5.19. The third kappa shape index (κ3) is 5.43. The van der Waals surface area contributed by atoms with Crippen LogP contribution in [-0.2, 0) is 6.54 Å². The SMILES string of the molecule is COc1cccc(CNC(=O)NC2CC(C)(C)NC(C)(C)C2)c1. The van der Waals surface area contributed by atoms with Crippen molar-refractivity contribution < 1.29 is 9.53 Å². The molecule has 23 heavy (non-hydrogen) atoms. The first-order valence-electron chi connectivity index (χ1n) is 8.16. The average molecular weight is 319 g/mol. The number of rotatable bonds is 4. The molecule has 1 aromatic rings. The van der Waals surface area contributed by atoms with Gasteiger partial charge < -0.3 is 20.7 Å². The summed E-state index contributed by atoms with van der Waals surface area (Å²) in [5.41, 5.74) is 1.06. The van der Waals surface area contributed by atoms with Crippen molar-refractivity contribution in [2.75, 3.05) is 7.11 Å². The van der Waals surface area contributed by atoms with E-state index < -0.39 is 0 Å². The van der Waals surface area contributed by atoms with Crippen LogP contribution in [0.2, 0.25) is 0 Å². The predicted octanol–water partition coefficient (Wildman–Crippen LogP) is 2.80. The van der Waals surface area contributed by atoms with Crippen LogP contribution in [0.5, 0.6) is 5.75 Å². The van der Waals surface area contributed by atoms with Crippen LogP contribution in [0.4, 0.5) is 4.79 Å². The molecule has 1 saturated heterocycles. The second kappa shape index (κ2) is 6.79. The number of ether oxygens (including phenoxy) is 1. The largest absolute Gasteiger partial charge is 0.497 e. The summed E-state index contributed by atoms with van der Waals surface area (Å²) in [7, 11) is 1.64. The molecule has 0 saturated carbocycles. The first-order chi connectivity index (χ1) is 10.7. The zero-order chi connectivity index (χ0) is 17.1. The number of carbonyl (C=O) groups excluding carboxylic acids is 1. The predicted molar refractivity (Wildman–Crippen MR) is 92.7 cm³/mol. The highest BCUT2D eigenvalue weighted by Crippen LogP contribution is 2.28. The van der Waals surface area contributed by atoms with Crippen LogP contribution in [0.3, 0.4) is 0 Å². The molecule has 0 aliphatic carbocycles. The lowest BCUT2D eigenvalue weighted by molar-refractivity contribution is 0.147. The fraction of sp³-hybridized carbons (Fsp3) is 0.611. The minimum Gasteiger partial charge on any atom is -0.497 e. The van der Waals surface area contributed by atoms with Crippen LogP contribution in [0.25, 0.3) is 0 Å². The Morgan fingerprint density at radius 3 is 2.52 bits per heavy atom. The number of hydrogen-bond donors (Lipinski definition) is 3. The number of benzene rings is 1. The number of piperidine rings is 1. The Labute approximate surface area is 139 Å². The van der Waals surface area contributed by atoms with Gasteiger partial charge in [-0.3, -0.25) is 0 Å². The van der Waals surface area contributed by atoms with Gasteiger partial charge in [-0.2, -0.15) is 0 Å². The monoisotopic (exact) mass is 319 g/mol. The Morgan fingerprint density at radius 2 is 1.91 bits per heavy atom. The van der Waals surface area contributed by atoms with Crippen molar-refractivity contribution in [3.63, 3.8) is 0 Å². The van der Waals surface area contributed by atoms with Gasteiger partial charge in [0, 0.05) is 23.7 Å². The van der Waals surface area contributed by atoms with Gasteiger partial charge >= 0.3 is 6.03 Å². The van der Waals surface area contributed by atoms with E-state index in [0.717, 1.165) is 24.2 Å². The molecule has 1 aliphatic rings. The number of nitrogens with one attached hydrogen (secondary N) is 3. The highest BCUT2D eigenvalue weighted by atomic mass is 16.5. The summed E-state index contributed by atoms with van der Waals surface area (Å²) in [6, 6.07) is 7.77. The third-order valence-corrected chi connectivity index (χ3v) is 4.11. The fourth-order valence-electron chi connectivity index (χ4n) is 3.63. The lowest BCUT2D eigenvalue weighted by Crippen LogP contribution is -2.62. The van der Waals surface area contributed by atoms with Crippen molar-refractivity contribution in [3.8, 4) is 5.75 Å². The van der Waals surface area contributed by atoms with Crippen LogP contribution < -0.4 is 20.7 Å². The Balaban J connectivity index is 1.87. The first-order valence-corrected chi connectivity index (χ1v) is 8.16. The Morgan fingerprint density at radius 1 is 1.26 bits per heavy atom. The molecular formula is C18H29N3O2. The van der Waals surface area contributed by atoms with E-state index >= 15 is 0 Å². The van der Waals surface area contributed by atoms with E-state index in [1.165, 1.54) is 0 Å². The molecule has 1 fully saturated rings. The Bertz CT molecular complexity index is 539. The smallest absolute Gasteiger partial charge is 0.315 e. The van der Waals surface area contributed by atoms with E-state index in [1.807, 2.05) is 24.3 Å². The van der Waals surface area contributed by atoms with Gasteiger partial charge in [0.05, 0.1) is 7.11 Å². The van der Waals surface area contributed by atoms with Crippen LogP contribution in [0.1, 0.15) is 46.1 Å². The second-order valence-electron chi connectivity index (χ2n) is 7.68. The van der Waals surface area contributed by atoms with Crippen LogP contribution in [0, 0.1) is 0 Å². The molecule has 1 heterocycles. The summed E-state index contributed by atoms with van der Waals surface area (Å²) < 4.78 is 5.19. The molecule has 0 aromatic heterocycles. The molecule has 0 bridgehead atoms. The fourth-order valence-corrected chi connectivity index (χ4v) is 3.63. The molecule has 1 aromatic carbocycles. The molecule has 2 rings (SSSR count). The lowest BCUT2D eigenvalue weighted by Gasteiger charge is -2.46. The third-order valence-electron chi connectivity index (χ3n) is 4.11. The maximum absolute atomic E-state index is 12.2. The average Bonchev–Trinajstić information content (AvgIpc) is 2.42. The lowest BCUT2D eigenvalue weighted by atomic mass is 9.80. The van der Waals surface area contributed by atoms with Crippen molar-refractivity contribution in [2.45, 2.75) is 64.2 Å². The maximum Gasteiger partial charge on any atom is 0.315 e. The van der Waals surface area contributed by atoms with E-state index in [9.17, 15) is 4.79 Å². The van der Waals surface area contributed by atoms with E-state index in [1.54, 1.807) is 7.11 Å². The molecular weight excluding hydrogens is 290 g/mol. The first kappa shape index (κ1) is 17.6. The van der Waals surface area contributed by atoms with E-state index in [2.05, 4.69) is 43.6 Å². The summed E-state index contributed by atoms with van der Waals surface area (Å²) >= 11 is 0. The van der Waals surface area contributed by atoms with Gasteiger partial charge in [0.1, 0.15) is 5.75 Å². The minimum atomic E-state index is -0.119. The van der Waals surface area contributed by atoms with Crippen molar-refractivity contribution in [1.29, 1.82) is 0 Å². The summed E-state index contributed by atoms with van der Waals surface area (Å²) in [6.45, 7) is 9.20. The van der Waals surface area contributed by atoms with Gasteiger partial charge in [-0.05, 0) is 58.2 Å². The van der Waals surface area contributed by atoms with Crippen molar-refractivity contribution in [1.82, 2.24) is 16.0 Å². The van der Waals surface area contributed by atoms with E-state index in [-0.39, 0.29) is 23.2 Å². The highest BCUT2D eigenvalue weighted by Gasteiger charge is 2.38. The summed E-state index contributed by atoms with van der Waals surface area (Å²) in [5, 5.41) is 9.65. The van der Waals surface area contributed by atoms with Crippen LogP contribution >= 0.6 is 0 Å². The normalized spacial score (nSPS) is 19.9. The van der Waals surface area contributed by atoms with Crippen LogP contribution in [-0.4, -0.2) is 30.3 Å². The molecule has 3 N–H and O–H groups in total. The topological polar surface area (TPSA) is 62.4 Å². The second-order valence-corrected chi connectivity index (χ2v) is 7.68. The molecule has 5 heteroatoms. The van der Waals surface area contributed by atoms with Gasteiger partial charge in [0.2, 0.25) is 0 Å². The maximum atomic E-state index is 12.2. The van der Waals surface area contributed by atoms with Crippen molar-refractivity contribution in [3.05, 3.63) is 29.8 Å². The molecule has 1 aliphatic heterocycles. The van der Waals surface area contributed by atoms with Gasteiger partial charge in [0.25, 0.3) is 0 Å². The van der Waals surface area contributed by atoms with Crippen molar-refractivity contribution >= 4 is 6.03 Å². The minimum absolute atomic E-state index is 0.0203. The molecule has 128 valence electrons. The van der Waals surface area contributed by atoms with Gasteiger partial charge in [-0.1, -0.05) is 12.1 Å². The number of hydrogen-bond acceptors (Lipinski definition) is 3. The quantitative estimate of drug-likeness (QED) is 0.800. The summed E-state index contributed by atoms with van der Waals surface area (Å²) in [5.74, 6) is 0.798. The molecule has 5 nitrogen and oxygen atoms in total. The summed E-state index contributed by atoms with van der Waals surface area (Å²) in [4.78, 5) is 12.2. The molecule has 2 amide bonds. The summed E-state index contributed by atoms with van der Waals surface area (Å²) in [6.07, 6.45) is 1.84. The van der Waals surface area contributed by atoms with Gasteiger partial charge in [0.15, 0.2) is 0 Å². The Hall–Kier alpha value is -1.75.